The first kappa shape index (κ1) is 24.8. The molecule has 2 heterocycles. The van der Waals surface area contributed by atoms with Crippen molar-refractivity contribution in [2.75, 3.05) is 45.2 Å². The second-order valence-electron chi connectivity index (χ2n) is 8.45. The minimum Gasteiger partial charge on any atom is -0.497 e. The molecule has 0 bridgehead atoms. The number of hydrogen-bond acceptors (Lipinski definition) is 6. The van der Waals surface area contributed by atoms with Crippen LogP contribution in [0.1, 0.15) is 18.4 Å². The quantitative estimate of drug-likeness (QED) is 0.509. The zero-order valence-electron chi connectivity index (χ0n) is 19.7. The summed E-state index contributed by atoms with van der Waals surface area (Å²) in [6, 6.07) is 13.9. The SMILES string of the molecule is COc1ccc(CCC(=O)N2CCCN(CC(=O)Nc3nc(-c4ccc(F)cc4)cs3)CC2)cc1. The number of anilines is 1. The zero-order valence-corrected chi connectivity index (χ0v) is 20.5. The van der Waals surface area contributed by atoms with Crippen LogP contribution < -0.4 is 10.1 Å². The van der Waals surface area contributed by atoms with Crippen molar-refractivity contribution in [2.24, 2.45) is 0 Å². The molecule has 1 fully saturated rings. The number of halogens is 1. The lowest BCUT2D eigenvalue weighted by Gasteiger charge is -2.21. The van der Waals surface area contributed by atoms with Crippen LogP contribution in [0.3, 0.4) is 0 Å². The van der Waals surface area contributed by atoms with Crippen molar-refractivity contribution in [3.05, 3.63) is 65.3 Å². The smallest absolute Gasteiger partial charge is 0.240 e. The highest BCUT2D eigenvalue weighted by Crippen LogP contribution is 2.25. The van der Waals surface area contributed by atoms with E-state index in [9.17, 15) is 14.0 Å². The maximum Gasteiger partial charge on any atom is 0.240 e. The number of aromatic nitrogens is 1. The van der Waals surface area contributed by atoms with Gasteiger partial charge in [0.15, 0.2) is 5.13 Å². The highest BCUT2D eigenvalue weighted by Gasteiger charge is 2.21. The van der Waals surface area contributed by atoms with Crippen LogP contribution in [0.25, 0.3) is 11.3 Å². The number of nitrogens with one attached hydrogen (secondary N) is 1. The number of carbonyl (C=O) groups is 2. The summed E-state index contributed by atoms with van der Waals surface area (Å²) < 4.78 is 18.3. The van der Waals surface area contributed by atoms with Crippen molar-refractivity contribution in [3.8, 4) is 17.0 Å². The summed E-state index contributed by atoms with van der Waals surface area (Å²) in [4.78, 5) is 33.7. The van der Waals surface area contributed by atoms with Crippen LogP contribution in [-0.2, 0) is 16.0 Å². The number of nitrogens with zero attached hydrogens (tertiary/aromatic N) is 3. The Morgan fingerprint density at radius 1 is 1.06 bits per heavy atom. The molecule has 2 aromatic carbocycles. The monoisotopic (exact) mass is 496 g/mol. The van der Waals surface area contributed by atoms with Crippen molar-refractivity contribution in [3.63, 3.8) is 0 Å². The lowest BCUT2D eigenvalue weighted by Crippen LogP contribution is -2.38. The molecule has 1 aliphatic heterocycles. The van der Waals surface area contributed by atoms with Gasteiger partial charge >= 0.3 is 0 Å². The molecule has 4 rings (SSSR count). The second-order valence-corrected chi connectivity index (χ2v) is 9.31. The highest BCUT2D eigenvalue weighted by atomic mass is 32.1. The summed E-state index contributed by atoms with van der Waals surface area (Å²) in [5, 5.41) is 5.21. The first-order valence-corrected chi connectivity index (χ1v) is 12.5. The summed E-state index contributed by atoms with van der Waals surface area (Å²) in [7, 11) is 1.63. The molecule has 1 N–H and O–H groups in total. The fraction of sp³-hybridized carbons (Fsp3) is 0.346. The Balaban J connectivity index is 1.22. The van der Waals surface area contributed by atoms with Gasteiger partial charge in [-0.25, -0.2) is 9.37 Å². The average Bonchev–Trinajstić information content (AvgIpc) is 3.20. The van der Waals surface area contributed by atoms with E-state index in [4.69, 9.17) is 4.74 Å². The van der Waals surface area contributed by atoms with Gasteiger partial charge in [-0.05, 0) is 54.8 Å². The number of hydrogen-bond donors (Lipinski definition) is 1. The standard InChI is InChI=1S/C26H29FN4O3S/c1-34-22-10-3-19(4-11-22)5-12-25(33)31-14-2-13-30(15-16-31)17-24(32)29-26-28-23(18-35-26)20-6-8-21(27)9-7-20/h3-4,6-11,18H,2,5,12-17H2,1H3,(H,28,29,32). The molecule has 0 radical (unpaired) electrons. The molecule has 7 nitrogen and oxygen atoms in total. The van der Waals surface area contributed by atoms with E-state index in [2.05, 4.69) is 15.2 Å². The van der Waals surface area contributed by atoms with Crippen LogP contribution in [0.2, 0.25) is 0 Å². The number of carbonyl (C=O) groups excluding carboxylic acids is 2. The molecule has 1 aromatic heterocycles. The molecule has 9 heteroatoms. The van der Waals surface area contributed by atoms with Crippen LogP contribution in [0, 0.1) is 5.82 Å². The number of benzene rings is 2. The Labute approximate surface area is 208 Å². The van der Waals surface area contributed by atoms with E-state index < -0.39 is 0 Å². The number of rotatable bonds is 8. The van der Waals surface area contributed by atoms with Gasteiger partial charge < -0.3 is 15.0 Å². The Kier molecular flexibility index (Phi) is 8.44. The number of thiazole rings is 1. The van der Waals surface area contributed by atoms with Crippen molar-refractivity contribution >= 4 is 28.3 Å². The molecule has 1 saturated heterocycles. The second kappa shape index (κ2) is 11.9. The maximum absolute atomic E-state index is 13.1. The van der Waals surface area contributed by atoms with Crippen LogP contribution in [-0.4, -0.2) is 66.4 Å². The summed E-state index contributed by atoms with van der Waals surface area (Å²) in [5.41, 5.74) is 2.60. The van der Waals surface area contributed by atoms with Gasteiger partial charge in [0.1, 0.15) is 11.6 Å². The minimum absolute atomic E-state index is 0.135. The van der Waals surface area contributed by atoms with Gasteiger partial charge in [-0.2, -0.15) is 0 Å². The molecule has 1 aliphatic rings. The first-order valence-electron chi connectivity index (χ1n) is 11.6. The lowest BCUT2D eigenvalue weighted by molar-refractivity contribution is -0.131. The molecule has 0 unspecified atom stereocenters. The van der Waals surface area contributed by atoms with Gasteiger partial charge in [0, 0.05) is 43.5 Å². The van der Waals surface area contributed by atoms with Gasteiger partial charge in [0.2, 0.25) is 11.8 Å². The summed E-state index contributed by atoms with van der Waals surface area (Å²) in [6.07, 6.45) is 1.99. The highest BCUT2D eigenvalue weighted by molar-refractivity contribution is 7.14. The molecule has 0 atom stereocenters. The summed E-state index contributed by atoms with van der Waals surface area (Å²) in [5.74, 6) is 0.514. The Morgan fingerprint density at radius 2 is 1.83 bits per heavy atom. The van der Waals surface area contributed by atoms with Gasteiger partial charge in [-0.3, -0.25) is 14.5 Å². The molecule has 0 saturated carbocycles. The fourth-order valence-corrected chi connectivity index (χ4v) is 4.76. The van der Waals surface area contributed by atoms with Crippen molar-refractivity contribution in [2.45, 2.75) is 19.3 Å². The van der Waals surface area contributed by atoms with E-state index >= 15 is 0 Å². The normalized spacial score (nSPS) is 14.4. The predicted octanol–water partition coefficient (Wildman–Crippen LogP) is 4.06. The van der Waals surface area contributed by atoms with Gasteiger partial charge in [-0.1, -0.05) is 12.1 Å². The Hall–Kier alpha value is -3.30. The molecule has 3 aromatic rings. The fourth-order valence-electron chi connectivity index (χ4n) is 4.03. The van der Waals surface area contributed by atoms with E-state index in [0.717, 1.165) is 29.8 Å². The Bertz CT molecular complexity index is 1130. The minimum atomic E-state index is -0.299. The molecule has 35 heavy (non-hydrogen) atoms. The topological polar surface area (TPSA) is 74.8 Å². The van der Waals surface area contributed by atoms with Crippen molar-refractivity contribution in [1.82, 2.24) is 14.8 Å². The molecule has 184 valence electrons. The third-order valence-electron chi connectivity index (χ3n) is 5.99. The summed E-state index contributed by atoms with van der Waals surface area (Å²) in [6.45, 7) is 2.97. The Morgan fingerprint density at radius 3 is 2.57 bits per heavy atom. The number of methoxy groups -OCH3 is 1. The first-order chi connectivity index (χ1) is 17.0. The number of aryl methyl sites for hydroxylation is 1. The van der Waals surface area contributed by atoms with Crippen molar-refractivity contribution < 1.29 is 18.7 Å². The molecule has 0 aliphatic carbocycles. The van der Waals surface area contributed by atoms with Crippen LogP contribution in [0.15, 0.2) is 53.9 Å². The predicted molar refractivity (Wildman–Crippen MR) is 135 cm³/mol. The molecule has 2 amide bonds. The van der Waals surface area contributed by atoms with Gasteiger partial charge in [-0.15, -0.1) is 11.3 Å². The van der Waals surface area contributed by atoms with Gasteiger partial charge in [0.25, 0.3) is 0 Å². The molecular formula is C26H29FN4O3S. The van der Waals surface area contributed by atoms with E-state index in [-0.39, 0.29) is 24.2 Å². The molecular weight excluding hydrogens is 467 g/mol. The largest absolute Gasteiger partial charge is 0.497 e. The van der Waals surface area contributed by atoms with E-state index in [0.29, 0.717) is 43.3 Å². The van der Waals surface area contributed by atoms with E-state index in [1.807, 2.05) is 34.5 Å². The van der Waals surface area contributed by atoms with Crippen LogP contribution >= 0.6 is 11.3 Å². The van der Waals surface area contributed by atoms with Gasteiger partial charge in [0.05, 0.1) is 19.3 Å². The lowest BCUT2D eigenvalue weighted by atomic mass is 10.1. The van der Waals surface area contributed by atoms with E-state index in [1.165, 1.54) is 23.5 Å². The number of ether oxygens (including phenoxy) is 1. The van der Waals surface area contributed by atoms with E-state index in [1.54, 1.807) is 19.2 Å². The zero-order chi connectivity index (χ0) is 24.6. The van der Waals surface area contributed by atoms with Crippen molar-refractivity contribution in [1.29, 1.82) is 0 Å². The third kappa shape index (κ3) is 7.10. The maximum atomic E-state index is 13.1. The van der Waals surface area contributed by atoms with Crippen LogP contribution in [0.5, 0.6) is 5.75 Å². The number of amides is 2. The average molecular weight is 497 g/mol. The van der Waals surface area contributed by atoms with Crippen LogP contribution in [0.4, 0.5) is 9.52 Å². The molecule has 0 spiro atoms. The summed E-state index contributed by atoms with van der Waals surface area (Å²) >= 11 is 1.34. The third-order valence-corrected chi connectivity index (χ3v) is 6.74.